The van der Waals surface area contributed by atoms with Gasteiger partial charge in [0, 0.05) is 28.7 Å². The molecule has 2 saturated carbocycles. The van der Waals surface area contributed by atoms with E-state index in [9.17, 15) is 39.9 Å². The lowest BCUT2D eigenvalue weighted by Gasteiger charge is -2.64. The molecule has 254 valence electrons. The number of carboxylic acids is 1. The lowest BCUT2D eigenvalue weighted by Crippen LogP contribution is -2.72. The number of aliphatic carboxylic acids is 1. The number of rotatable bonds is 6. The average molecular weight is 651 g/mol. The number of ketones is 1. The van der Waals surface area contributed by atoms with Gasteiger partial charge in [-0.05, 0) is 45.6 Å². The first-order chi connectivity index (χ1) is 21.6. The van der Waals surface area contributed by atoms with Gasteiger partial charge in [-0.3, -0.25) is 9.59 Å². The van der Waals surface area contributed by atoms with Gasteiger partial charge in [0.1, 0.15) is 42.4 Å². The van der Waals surface area contributed by atoms with E-state index < -0.39 is 95.0 Å². The molecule has 0 bridgehead atoms. The minimum Gasteiger partial charge on any atom is -0.479 e. The van der Waals surface area contributed by atoms with Crippen molar-refractivity contribution < 1.29 is 68.0 Å². The van der Waals surface area contributed by atoms with Crippen LogP contribution in [0.5, 0.6) is 0 Å². The molecule has 6 aliphatic rings. The quantitative estimate of drug-likeness (QED) is 0.209. The van der Waals surface area contributed by atoms with Gasteiger partial charge >= 0.3 is 11.9 Å². The van der Waals surface area contributed by atoms with Crippen LogP contribution in [0, 0.1) is 28.1 Å². The fraction of sp³-hybridized carbons (Fsp3) is 0.781. The molecule has 46 heavy (non-hydrogen) atoms. The average Bonchev–Trinajstić information content (AvgIpc) is 3.48. The maximum Gasteiger partial charge on any atom is 0.335 e. The predicted molar refractivity (Wildman–Crippen MR) is 151 cm³/mol. The third kappa shape index (κ3) is 3.89. The molecule has 6 fully saturated rings. The number of aliphatic hydroxyl groups excluding tert-OH is 4. The minimum absolute atomic E-state index is 0.0199. The second kappa shape index (κ2) is 10.3. The summed E-state index contributed by atoms with van der Waals surface area (Å²) in [6.45, 7) is 6.73. The standard InChI is InChI=1S/C32H42O14/c1-28(2)17-9-18(34)30(4)16(31(17)13-42-20(35)10-19(31)45-28)5-7-29(3,32(30)25(46-32)26(39)40)24(14-6-8-41-12-14)44-27-23(38)22(37)21(36)15(11-33)43-27/h6,8,12,15-17,19,21-25,27,33,36-38H,5,7,9-11,13H2,1-4H3,(H,39,40)/t15-,16+,17-,19+,21-,22+,23-,24+,25+,27+,29+,30+,31-,32+/m1/s1. The van der Waals surface area contributed by atoms with Gasteiger partial charge in [-0.15, -0.1) is 0 Å². The normalized spacial score (nSPS) is 49.9. The van der Waals surface area contributed by atoms with Crippen LogP contribution in [0.3, 0.4) is 0 Å². The SMILES string of the molecule is CC1(C)O[C@H]2CC(=O)OC[C@@]23[C@@H]1CC(=O)[C@]1(C)[C@@H]3CC[C@@](C)([C@@H](O[C@@H]2O[C@H](CO)[C@@H](O)[C@H](O)[C@H]2O)c2ccoc2)[C@]12O[C@H]2C(=O)O. The summed E-state index contributed by atoms with van der Waals surface area (Å²) >= 11 is 0. The zero-order valence-corrected chi connectivity index (χ0v) is 26.2. The lowest BCUT2D eigenvalue weighted by molar-refractivity contribution is -0.328. The van der Waals surface area contributed by atoms with Crippen molar-refractivity contribution in [3.8, 4) is 0 Å². The Hall–Kier alpha value is -2.43. The van der Waals surface area contributed by atoms with Crippen LogP contribution in [-0.4, -0.2) is 111 Å². The summed E-state index contributed by atoms with van der Waals surface area (Å²) in [4.78, 5) is 40.1. The van der Waals surface area contributed by atoms with E-state index in [-0.39, 0.29) is 43.5 Å². The van der Waals surface area contributed by atoms with Gasteiger partial charge in [-0.2, -0.15) is 0 Å². The minimum atomic E-state index is -1.74. The molecule has 14 heteroatoms. The molecule has 0 amide bonds. The molecular formula is C32H42O14. The van der Waals surface area contributed by atoms with E-state index in [0.717, 1.165) is 0 Å². The smallest absolute Gasteiger partial charge is 0.335 e. The molecule has 14 atom stereocenters. The molecule has 2 spiro atoms. The van der Waals surface area contributed by atoms with Crippen LogP contribution in [0.2, 0.25) is 0 Å². The second-order valence-corrected chi connectivity index (χ2v) is 14.9. The Morgan fingerprint density at radius 1 is 1.04 bits per heavy atom. The topological polar surface area (TPSA) is 215 Å². The molecular weight excluding hydrogens is 608 g/mol. The van der Waals surface area contributed by atoms with E-state index >= 15 is 0 Å². The van der Waals surface area contributed by atoms with E-state index in [1.165, 1.54) is 12.5 Å². The molecule has 4 saturated heterocycles. The molecule has 0 aromatic carbocycles. The Kier molecular flexibility index (Phi) is 7.19. The van der Waals surface area contributed by atoms with Crippen molar-refractivity contribution in [2.45, 2.75) is 114 Å². The zero-order valence-electron chi connectivity index (χ0n) is 26.2. The third-order valence-electron chi connectivity index (χ3n) is 12.6. The first-order valence-corrected chi connectivity index (χ1v) is 15.9. The zero-order chi connectivity index (χ0) is 33.2. The highest BCUT2D eigenvalue weighted by atomic mass is 16.7. The summed E-state index contributed by atoms with van der Waals surface area (Å²) in [6, 6.07) is 1.61. The number of esters is 1. The summed E-state index contributed by atoms with van der Waals surface area (Å²) in [6.07, 6.45) is -7.39. The number of epoxide rings is 1. The van der Waals surface area contributed by atoms with Crippen LogP contribution in [-0.2, 0) is 38.1 Å². The first kappa shape index (κ1) is 32.1. The van der Waals surface area contributed by atoms with Gasteiger partial charge in [0.2, 0.25) is 0 Å². The fourth-order valence-corrected chi connectivity index (χ4v) is 10.5. The summed E-state index contributed by atoms with van der Waals surface area (Å²) in [7, 11) is 0. The van der Waals surface area contributed by atoms with E-state index in [1.807, 2.05) is 13.8 Å². The highest BCUT2D eigenvalue weighted by molar-refractivity contribution is 5.92. The number of fused-ring (bicyclic) bond motifs is 2. The molecule has 0 unspecified atom stereocenters. The fourth-order valence-electron chi connectivity index (χ4n) is 10.5. The van der Waals surface area contributed by atoms with E-state index in [0.29, 0.717) is 12.0 Å². The summed E-state index contributed by atoms with van der Waals surface area (Å²) < 4.78 is 36.1. The number of carbonyl (C=O) groups is 3. The van der Waals surface area contributed by atoms with Crippen molar-refractivity contribution in [2.75, 3.05) is 13.2 Å². The molecule has 4 aliphatic heterocycles. The molecule has 5 N–H and O–H groups in total. The van der Waals surface area contributed by atoms with Crippen molar-refractivity contribution in [1.29, 1.82) is 0 Å². The van der Waals surface area contributed by atoms with Crippen molar-refractivity contribution in [2.24, 2.45) is 28.1 Å². The van der Waals surface area contributed by atoms with Crippen LogP contribution >= 0.6 is 0 Å². The Balaban J connectivity index is 1.35. The van der Waals surface area contributed by atoms with Crippen molar-refractivity contribution in [3.63, 3.8) is 0 Å². The number of Topliss-reactive ketones (excluding diaryl/α,β-unsaturated/α-hetero) is 1. The Morgan fingerprint density at radius 2 is 1.78 bits per heavy atom. The number of aliphatic hydroxyl groups is 4. The molecule has 2 aliphatic carbocycles. The monoisotopic (exact) mass is 650 g/mol. The van der Waals surface area contributed by atoms with Gasteiger partial charge in [0.05, 0.1) is 48.8 Å². The van der Waals surface area contributed by atoms with E-state index in [4.69, 9.17) is 28.1 Å². The van der Waals surface area contributed by atoms with Crippen LogP contribution in [0.25, 0.3) is 0 Å². The van der Waals surface area contributed by atoms with Gasteiger partial charge in [-0.25, -0.2) is 4.79 Å². The number of hydrogen-bond acceptors (Lipinski definition) is 13. The highest BCUT2D eigenvalue weighted by Gasteiger charge is 2.88. The number of furan rings is 1. The number of carbonyl (C=O) groups excluding carboxylic acids is 2. The van der Waals surface area contributed by atoms with Crippen molar-refractivity contribution in [3.05, 3.63) is 24.2 Å². The van der Waals surface area contributed by atoms with Crippen LogP contribution in [0.4, 0.5) is 0 Å². The third-order valence-corrected chi connectivity index (χ3v) is 12.6. The summed E-state index contributed by atoms with van der Waals surface area (Å²) in [5.74, 6) is -2.60. The van der Waals surface area contributed by atoms with E-state index in [2.05, 4.69) is 0 Å². The summed E-state index contributed by atoms with van der Waals surface area (Å²) in [5.41, 5.74) is -5.40. The number of carboxylic acid groups (broad SMARTS) is 1. The lowest BCUT2D eigenvalue weighted by atomic mass is 9.37. The maximum absolute atomic E-state index is 14.7. The molecule has 14 nitrogen and oxygen atoms in total. The van der Waals surface area contributed by atoms with Crippen molar-refractivity contribution >= 4 is 17.7 Å². The number of hydrogen-bond donors (Lipinski definition) is 5. The van der Waals surface area contributed by atoms with Gasteiger partial charge in [-0.1, -0.05) is 6.92 Å². The van der Waals surface area contributed by atoms with Crippen LogP contribution in [0.15, 0.2) is 23.0 Å². The van der Waals surface area contributed by atoms with Crippen molar-refractivity contribution in [1.82, 2.24) is 0 Å². The Labute approximate surface area is 264 Å². The van der Waals surface area contributed by atoms with Crippen LogP contribution < -0.4 is 0 Å². The molecule has 7 rings (SSSR count). The molecule has 1 aromatic heterocycles. The first-order valence-electron chi connectivity index (χ1n) is 15.9. The second-order valence-electron chi connectivity index (χ2n) is 14.9. The van der Waals surface area contributed by atoms with Gasteiger partial charge in [0.15, 0.2) is 12.4 Å². The number of ether oxygens (including phenoxy) is 5. The Bertz CT molecular complexity index is 1410. The van der Waals surface area contributed by atoms with Gasteiger partial charge < -0.3 is 53.6 Å². The highest BCUT2D eigenvalue weighted by Crippen LogP contribution is 2.78. The molecule has 1 aromatic rings. The van der Waals surface area contributed by atoms with E-state index in [1.54, 1.807) is 19.9 Å². The van der Waals surface area contributed by atoms with Crippen LogP contribution in [0.1, 0.15) is 65.0 Å². The maximum atomic E-state index is 14.7. The molecule has 5 heterocycles. The molecule has 0 radical (unpaired) electrons. The largest absolute Gasteiger partial charge is 0.479 e. The predicted octanol–water partition coefficient (Wildman–Crippen LogP) is 0.482. The Morgan fingerprint density at radius 3 is 2.41 bits per heavy atom. The number of cyclic esters (lactones) is 1. The summed E-state index contributed by atoms with van der Waals surface area (Å²) in [5, 5.41) is 52.1. The van der Waals surface area contributed by atoms with Gasteiger partial charge in [0.25, 0.3) is 0 Å².